The third-order valence-corrected chi connectivity index (χ3v) is 3.61. The molecule has 27 heavy (non-hydrogen) atoms. The Kier molecular flexibility index (Phi) is 6.98. The number of hydrogen-bond acceptors (Lipinski definition) is 6. The van der Waals surface area contributed by atoms with Gasteiger partial charge in [0.05, 0.1) is 11.1 Å². The second kappa shape index (κ2) is 9.20. The van der Waals surface area contributed by atoms with Crippen LogP contribution in [0.2, 0.25) is 0 Å². The minimum atomic E-state index is -3.94. The Labute approximate surface area is 154 Å². The molecule has 0 spiro atoms. The number of hydrogen-bond donors (Lipinski definition) is 2. The van der Waals surface area contributed by atoms with Crippen molar-refractivity contribution < 1.29 is 38.1 Å². The van der Waals surface area contributed by atoms with Crippen LogP contribution in [0.4, 0.5) is 8.78 Å². The molecule has 144 valence electrons. The highest BCUT2D eigenvalue weighted by Gasteiger charge is 2.47. The molecule has 0 unspecified atom stereocenters. The molecule has 6 nitrogen and oxygen atoms in total. The Balaban J connectivity index is 2.06. The van der Waals surface area contributed by atoms with Gasteiger partial charge in [-0.15, -0.1) is 0 Å². The lowest BCUT2D eigenvalue weighted by atomic mass is 10.1. The maximum Gasteiger partial charge on any atom is 0.338 e. The van der Waals surface area contributed by atoms with Crippen molar-refractivity contribution >= 4 is 11.9 Å². The van der Waals surface area contributed by atoms with Crippen molar-refractivity contribution in [1.29, 1.82) is 0 Å². The van der Waals surface area contributed by atoms with Crippen molar-refractivity contribution in [2.24, 2.45) is 0 Å². The van der Waals surface area contributed by atoms with E-state index < -0.39 is 43.3 Å². The van der Waals surface area contributed by atoms with E-state index in [1.807, 2.05) is 0 Å². The molecule has 0 aliphatic rings. The van der Waals surface area contributed by atoms with Crippen LogP contribution in [0.3, 0.4) is 0 Å². The summed E-state index contributed by atoms with van der Waals surface area (Å²) in [5, 5.41) is 18.9. The molecule has 0 saturated heterocycles. The summed E-state index contributed by atoms with van der Waals surface area (Å²) in [6.45, 7) is -2.51. The summed E-state index contributed by atoms with van der Waals surface area (Å²) in [6, 6.07) is 15.1. The minimum Gasteiger partial charge on any atom is -0.459 e. The first-order valence-corrected chi connectivity index (χ1v) is 8.00. The van der Waals surface area contributed by atoms with Crippen LogP contribution in [-0.4, -0.2) is 53.5 Å². The maximum absolute atomic E-state index is 14.0. The van der Waals surface area contributed by atoms with Crippen molar-refractivity contribution in [3.8, 4) is 0 Å². The third-order valence-electron chi connectivity index (χ3n) is 3.61. The van der Waals surface area contributed by atoms with E-state index in [-0.39, 0.29) is 11.1 Å². The van der Waals surface area contributed by atoms with Gasteiger partial charge >= 0.3 is 17.9 Å². The molecule has 8 heteroatoms. The molecule has 2 atom stereocenters. The summed E-state index contributed by atoms with van der Waals surface area (Å²) in [4.78, 5) is 23.9. The lowest BCUT2D eigenvalue weighted by molar-refractivity contribution is -0.179. The van der Waals surface area contributed by atoms with Gasteiger partial charge in [0, 0.05) is 0 Å². The number of ether oxygens (including phenoxy) is 2. The molecule has 2 aromatic rings. The van der Waals surface area contributed by atoms with Crippen LogP contribution >= 0.6 is 0 Å². The highest BCUT2D eigenvalue weighted by atomic mass is 19.3. The van der Waals surface area contributed by atoms with Crippen LogP contribution in [0.1, 0.15) is 20.7 Å². The Morgan fingerprint density at radius 3 is 1.89 bits per heavy atom. The summed E-state index contributed by atoms with van der Waals surface area (Å²) >= 11 is 0. The second-order valence-electron chi connectivity index (χ2n) is 5.64. The molecule has 0 bridgehead atoms. The number of aliphatic hydroxyl groups is 2. The van der Waals surface area contributed by atoms with Gasteiger partial charge in [0.2, 0.25) is 0 Å². The van der Waals surface area contributed by atoms with Crippen LogP contribution < -0.4 is 0 Å². The molecule has 0 aliphatic carbocycles. The van der Waals surface area contributed by atoms with E-state index >= 15 is 0 Å². The van der Waals surface area contributed by atoms with Gasteiger partial charge in [-0.25, -0.2) is 9.59 Å². The first kappa shape index (κ1) is 20.5. The van der Waals surface area contributed by atoms with Gasteiger partial charge in [-0.1, -0.05) is 36.4 Å². The lowest BCUT2D eigenvalue weighted by Crippen LogP contribution is -2.50. The fraction of sp³-hybridized carbons (Fsp3) is 0.263. The molecular formula is C19H18F2O6. The highest BCUT2D eigenvalue weighted by molar-refractivity contribution is 5.90. The molecule has 2 N–H and O–H groups in total. The van der Waals surface area contributed by atoms with E-state index in [1.54, 1.807) is 24.3 Å². The first-order chi connectivity index (χ1) is 12.8. The average molecular weight is 380 g/mol. The van der Waals surface area contributed by atoms with Crippen molar-refractivity contribution in [2.45, 2.75) is 18.1 Å². The van der Waals surface area contributed by atoms with Crippen LogP contribution in [0.15, 0.2) is 60.7 Å². The summed E-state index contributed by atoms with van der Waals surface area (Å²) in [5.74, 6) is -5.89. The van der Waals surface area contributed by atoms with Gasteiger partial charge in [-0.2, -0.15) is 8.78 Å². The maximum atomic E-state index is 14.0. The van der Waals surface area contributed by atoms with Gasteiger partial charge < -0.3 is 19.7 Å². The zero-order valence-corrected chi connectivity index (χ0v) is 14.1. The molecule has 0 aliphatic heterocycles. The van der Waals surface area contributed by atoms with Gasteiger partial charge in [0.15, 0.2) is 6.10 Å². The summed E-state index contributed by atoms with van der Waals surface area (Å²) in [6.07, 6.45) is -4.45. The number of rotatable bonds is 8. The fourth-order valence-electron chi connectivity index (χ4n) is 2.20. The van der Waals surface area contributed by atoms with Crippen LogP contribution in [0, 0.1) is 0 Å². The first-order valence-electron chi connectivity index (χ1n) is 8.00. The molecule has 0 aromatic heterocycles. The number of carbonyl (C=O) groups excluding carboxylic acids is 2. The van der Waals surface area contributed by atoms with Crippen LogP contribution in [0.5, 0.6) is 0 Å². The normalized spacial score (nSPS) is 13.5. The zero-order chi connectivity index (χ0) is 19.9. The fourth-order valence-corrected chi connectivity index (χ4v) is 2.20. The predicted octanol–water partition coefficient (Wildman–Crippen LogP) is 2.06. The lowest BCUT2D eigenvalue weighted by Gasteiger charge is -2.28. The molecule has 0 heterocycles. The molecule has 0 amide bonds. The number of benzene rings is 2. The summed E-state index contributed by atoms with van der Waals surface area (Å²) < 4.78 is 37.4. The Bertz CT molecular complexity index is 751. The Hall–Kier alpha value is -2.84. The van der Waals surface area contributed by atoms with E-state index in [0.29, 0.717) is 0 Å². The van der Waals surface area contributed by atoms with E-state index in [2.05, 4.69) is 0 Å². The second-order valence-corrected chi connectivity index (χ2v) is 5.64. The number of aliphatic hydroxyl groups excluding tert-OH is 2. The summed E-state index contributed by atoms with van der Waals surface area (Å²) in [5.41, 5.74) is 0.154. The third kappa shape index (κ3) is 5.57. The number of halogens is 2. The molecule has 0 radical (unpaired) electrons. The summed E-state index contributed by atoms with van der Waals surface area (Å²) in [7, 11) is 0. The van der Waals surface area contributed by atoms with E-state index in [0.717, 1.165) is 0 Å². The van der Waals surface area contributed by atoms with Crippen molar-refractivity contribution in [1.82, 2.24) is 0 Å². The van der Waals surface area contributed by atoms with Crippen LogP contribution in [-0.2, 0) is 9.47 Å². The van der Waals surface area contributed by atoms with Gasteiger partial charge in [0.25, 0.3) is 0 Å². The van der Waals surface area contributed by atoms with Crippen molar-refractivity contribution in [3.05, 3.63) is 71.8 Å². The topological polar surface area (TPSA) is 93.1 Å². The molecule has 2 rings (SSSR count). The molecule has 0 fully saturated rings. The van der Waals surface area contributed by atoms with Crippen molar-refractivity contribution in [2.75, 3.05) is 13.2 Å². The van der Waals surface area contributed by atoms with E-state index in [1.165, 1.54) is 36.4 Å². The standard InChI is InChI=1S/C19H18F2O6/c20-19(21,12-22)16(27-18(25)14-9-5-2-6-10-14)15(23)11-26-17(24)13-7-3-1-4-8-13/h1-10,15-16,22-23H,11-12H2/t15-,16-/m0/s1. The zero-order valence-electron chi connectivity index (χ0n) is 14.1. The SMILES string of the molecule is O=C(OC[C@H](O)[C@H](OC(=O)c1ccccc1)C(F)(F)CO)c1ccccc1. The van der Waals surface area contributed by atoms with Crippen LogP contribution in [0.25, 0.3) is 0 Å². The van der Waals surface area contributed by atoms with Gasteiger partial charge in [-0.3, -0.25) is 0 Å². The van der Waals surface area contributed by atoms with E-state index in [9.17, 15) is 23.5 Å². The van der Waals surface area contributed by atoms with Crippen molar-refractivity contribution in [3.63, 3.8) is 0 Å². The average Bonchev–Trinajstić information content (AvgIpc) is 2.70. The van der Waals surface area contributed by atoms with Gasteiger partial charge in [0.1, 0.15) is 19.3 Å². The van der Waals surface area contributed by atoms with Gasteiger partial charge in [-0.05, 0) is 24.3 Å². The largest absolute Gasteiger partial charge is 0.459 e. The Morgan fingerprint density at radius 1 is 0.926 bits per heavy atom. The number of alkyl halides is 2. The molecule has 2 aromatic carbocycles. The Morgan fingerprint density at radius 2 is 1.41 bits per heavy atom. The number of carbonyl (C=O) groups is 2. The number of esters is 2. The molecule has 0 saturated carbocycles. The highest BCUT2D eigenvalue weighted by Crippen LogP contribution is 2.25. The monoisotopic (exact) mass is 380 g/mol. The quantitative estimate of drug-likeness (QED) is 0.681. The smallest absolute Gasteiger partial charge is 0.338 e. The predicted molar refractivity (Wildman–Crippen MR) is 90.4 cm³/mol. The van der Waals surface area contributed by atoms with E-state index in [4.69, 9.17) is 14.6 Å². The minimum absolute atomic E-state index is 0.00952. The molecular weight excluding hydrogens is 362 g/mol.